The number of aromatic nitrogens is 3. The molecule has 0 aliphatic rings. The molecule has 0 saturated heterocycles. The van der Waals surface area contributed by atoms with Crippen molar-refractivity contribution in [3.63, 3.8) is 0 Å². The molecule has 0 bridgehead atoms. The molecule has 0 atom stereocenters. The van der Waals surface area contributed by atoms with Crippen LogP contribution in [0.3, 0.4) is 0 Å². The molecule has 0 saturated carbocycles. The van der Waals surface area contributed by atoms with Gasteiger partial charge in [0, 0.05) is 57.0 Å². The summed E-state index contributed by atoms with van der Waals surface area (Å²) in [6.07, 6.45) is 0. The topological polar surface area (TPSA) is 38.7 Å². The van der Waals surface area contributed by atoms with Crippen LogP contribution in [0.15, 0.2) is 188 Å². The molecule has 0 N–H and O–H groups in total. The van der Waals surface area contributed by atoms with Gasteiger partial charge in [0.05, 0.1) is 0 Å². The van der Waals surface area contributed by atoms with E-state index in [-0.39, 0.29) is 0 Å². The fraction of sp³-hybridized carbons (Fsp3) is 0. The summed E-state index contributed by atoms with van der Waals surface area (Å²) in [7, 11) is 0. The number of fused-ring (bicyclic) bond motifs is 8. The van der Waals surface area contributed by atoms with Gasteiger partial charge in [-0.25, -0.2) is 15.0 Å². The van der Waals surface area contributed by atoms with Crippen LogP contribution in [-0.2, 0) is 0 Å². The Bertz CT molecular complexity index is 3460. The Labute approximate surface area is 342 Å². The minimum absolute atomic E-state index is 0.642. The van der Waals surface area contributed by atoms with E-state index in [1.807, 2.05) is 0 Å². The van der Waals surface area contributed by atoms with Gasteiger partial charge < -0.3 is 0 Å². The van der Waals surface area contributed by atoms with Crippen molar-refractivity contribution in [1.29, 1.82) is 0 Å². The van der Waals surface area contributed by atoms with Gasteiger partial charge in [0.25, 0.3) is 0 Å². The molecule has 3 heterocycles. The van der Waals surface area contributed by atoms with Gasteiger partial charge in [-0.2, -0.15) is 0 Å². The van der Waals surface area contributed by atoms with Crippen molar-refractivity contribution in [2.75, 3.05) is 0 Å². The largest absolute Gasteiger partial charge is 0.208 e. The van der Waals surface area contributed by atoms with E-state index in [1.165, 1.54) is 67.5 Å². The molecular weight excluding hydrogens is 743 g/mol. The van der Waals surface area contributed by atoms with Gasteiger partial charge in [0.2, 0.25) is 0 Å². The van der Waals surface area contributed by atoms with Crippen molar-refractivity contribution < 1.29 is 0 Å². The van der Waals surface area contributed by atoms with E-state index in [9.17, 15) is 0 Å². The van der Waals surface area contributed by atoms with Crippen molar-refractivity contribution >= 4 is 84.6 Å². The SMILES string of the molecule is c1ccc2cc(-c3cc(-c4cccc5ccccc45)ccc3-c3nc(-c4cccc5c4sc4ccccc45)nc(-c4cccc5c4sc4ccccc45)n3)ccc2c1. The molecule has 12 aromatic rings. The highest BCUT2D eigenvalue weighted by molar-refractivity contribution is 7.26. The first-order valence-corrected chi connectivity index (χ1v) is 21.1. The molecule has 0 aliphatic heterocycles. The zero-order chi connectivity index (χ0) is 38.2. The Kier molecular flexibility index (Phi) is 7.58. The van der Waals surface area contributed by atoms with Crippen LogP contribution >= 0.6 is 22.7 Å². The lowest BCUT2D eigenvalue weighted by Gasteiger charge is -2.15. The highest BCUT2D eigenvalue weighted by atomic mass is 32.1. The summed E-state index contributed by atoms with van der Waals surface area (Å²) < 4.78 is 4.84. The molecule has 9 aromatic carbocycles. The molecule has 0 amide bonds. The second kappa shape index (κ2) is 13.3. The summed E-state index contributed by atoms with van der Waals surface area (Å²) in [6.45, 7) is 0. The summed E-state index contributed by atoms with van der Waals surface area (Å²) in [4.78, 5) is 16.2. The predicted octanol–water partition coefficient (Wildman–Crippen LogP) is 15.2. The zero-order valence-electron chi connectivity index (χ0n) is 31.1. The third-order valence-electron chi connectivity index (χ3n) is 11.3. The number of benzene rings is 9. The lowest BCUT2D eigenvalue weighted by atomic mass is 9.91. The van der Waals surface area contributed by atoms with Crippen LogP contribution < -0.4 is 0 Å². The molecule has 3 nitrogen and oxygen atoms in total. The van der Waals surface area contributed by atoms with Crippen LogP contribution in [0.1, 0.15) is 0 Å². The van der Waals surface area contributed by atoms with Gasteiger partial charge in [0.15, 0.2) is 17.5 Å². The van der Waals surface area contributed by atoms with Gasteiger partial charge in [-0.15, -0.1) is 22.7 Å². The Morgan fingerprint density at radius 1 is 0.276 bits per heavy atom. The zero-order valence-corrected chi connectivity index (χ0v) is 32.7. The van der Waals surface area contributed by atoms with Gasteiger partial charge in [0.1, 0.15) is 0 Å². The van der Waals surface area contributed by atoms with Crippen molar-refractivity contribution in [2.45, 2.75) is 0 Å². The lowest BCUT2D eigenvalue weighted by Crippen LogP contribution is -2.01. The van der Waals surface area contributed by atoms with E-state index in [0.29, 0.717) is 17.5 Å². The fourth-order valence-electron chi connectivity index (χ4n) is 8.56. The van der Waals surface area contributed by atoms with Crippen molar-refractivity contribution in [2.24, 2.45) is 0 Å². The molecule has 5 heteroatoms. The Morgan fingerprint density at radius 3 is 1.41 bits per heavy atom. The third kappa shape index (κ3) is 5.36. The first kappa shape index (κ1) is 33.1. The fourth-order valence-corrected chi connectivity index (χ4v) is 11.0. The monoisotopic (exact) mass is 773 g/mol. The summed E-state index contributed by atoms with van der Waals surface area (Å²) in [5.74, 6) is 1.97. The average Bonchev–Trinajstić information content (AvgIpc) is 3.87. The van der Waals surface area contributed by atoms with Gasteiger partial charge in [-0.05, 0) is 86.3 Å². The molecule has 270 valence electrons. The Morgan fingerprint density at radius 2 is 0.741 bits per heavy atom. The second-order valence-electron chi connectivity index (χ2n) is 14.7. The first-order valence-electron chi connectivity index (χ1n) is 19.4. The van der Waals surface area contributed by atoms with Crippen LogP contribution in [0.2, 0.25) is 0 Å². The summed E-state index contributed by atoms with van der Waals surface area (Å²) >= 11 is 3.59. The molecule has 0 radical (unpaired) electrons. The molecule has 3 aromatic heterocycles. The van der Waals surface area contributed by atoms with E-state index in [2.05, 4.69) is 188 Å². The summed E-state index contributed by atoms with van der Waals surface area (Å²) in [5, 5.41) is 9.75. The highest BCUT2D eigenvalue weighted by Gasteiger charge is 2.21. The maximum Gasteiger partial charge on any atom is 0.165 e. The normalized spacial score (nSPS) is 11.8. The van der Waals surface area contributed by atoms with Crippen LogP contribution in [-0.4, -0.2) is 15.0 Å². The van der Waals surface area contributed by atoms with E-state index in [0.717, 1.165) is 33.4 Å². The average molecular weight is 774 g/mol. The Balaban J connectivity index is 1.15. The molecule has 12 rings (SSSR count). The first-order chi connectivity index (χ1) is 28.7. The maximum absolute atomic E-state index is 5.43. The van der Waals surface area contributed by atoms with Crippen molar-refractivity contribution in [3.8, 4) is 56.4 Å². The van der Waals surface area contributed by atoms with Crippen LogP contribution in [0.4, 0.5) is 0 Å². The van der Waals surface area contributed by atoms with E-state index >= 15 is 0 Å². The number of rotatable bonds is 5. The van der Waals surface area contributed by atoms with Crippen molar-refractivity contribution in [3.05, 3.63) is 188 Å². The number of hydrogen-bond donors (Lipinski definition) is 0. The molecule has 0 aliphatic carbocycles. The molecule has 0 fully saturated rings. The summed E-state index contributed by atoms with van der Waals surface area (Å²) in [5.41, 5.74) is 7.48. The van der Waals surface area contributed by atoms with Crippen molar-refractivity contribution in [1.82, 2.24) is 15.0 Å². The quantitative estimate of drug-likeness (QED) is 0.175. The van der Waals surface area contributed by atoms with Gasteiger partial charge in [-0.3, -0.25) is 0 Å². The van der Waals surface area contributed by atoms with E-state index in [4.69, 9.17) is 15.0 Å². The highest BCUT2D eigenvalue weighted by Crippen LogP contribution is 2.44. The number of thiophene rings is 2. The third-order valence-corrected chi connectivity index (χ3v) is 13.8. The van der Waals surface area contributed by atoms with E-state index < -0.39 is 0 Å². The minimum Gasteiger partial charge on any atom is -0.208 e. The molecule has 0 unspecified atom stereocenters. The number of hydrogen-bond acceptors (Lipinski definition) is 5. The molecule has 58 heavy (non-hydrogen) atoms. The van der Waals surface area contributed by atoms with Crippen LogP contribution in [0.5, 0.6) is 0 Å². The smallest absolute Gasteiger partial charge is 0.165 e. The molecular formula is C53H31N3S2. The summed E-state index contributed by atoms with van der Waals surface area (Å²) in [6, 6.07) is 67.5. The maximum atomic E-state index is 5.43. The standard InChI is InChI=1S/C53H31N3S2/c1-2-14-34-30-35(27-26-32(34)12-1)46-31-36(38-19-9-15-33-13-3-4-16-37(33)38)28-29-43(46)51-54-52(44-22-10-20-41-39-17-5-7-24-47(39)57-49(41)44)56-53(55-51)45-23-11-21-42-40-18-6-8-25-48(40)58-50(42)45/h1-31H. The van der Waals surface area contributed by atoms with E-state index in [1.54, 1.807) is 22.7 Å². The minimum atomic E-state index is 0.642. The Hall–Kier alpha value is -7.05. The second-order valence-corrected chi connectivity index (χ2v) is 16.8. The van der Waals surface area contributed by atoms with Crippen LogP contribution in [0, 0.1) is 0 Å². The predicted molar refractivity (Wildman–Crippen MR) is 248 cm³/mol. The van der Waals surface area contributed by atoms with Gasteiger partial charge in [-0.1, -0.05) is 146 Å². The number of nitrogens with zero attached hydrogens (tertiary/aromatic N) is 3. The lowest BCUT2D eigenvalue weighted by molar-refractivity contribution is 1.08. The van der Waals surface area contributed by atoms with Crippen LogP contribution in [0.25, 0.3) is 118 Å². The molecule has 0 spiro atoms. The van der Waals surface area contributed by atoms with Gasteiger partial charge >= 0.3 is 0 Å².